The number of carboxylic acid groups (broad SMARTS) is 1. The van der Waals surface area contributed by atoms with Gasteiger partial charge in [-0.1, -0.05) is 51.1 Å². The molecule has 3 amide bonds. The lowest BCUT2D eigenvalue weighted by Gasteiger charge is -3.10. The first-order valence-corrected chi connectivity index (χ1v) is 20.1. The number of rotatable bonds is 18. The van der Waals surface area contributed by atoms with E-state index in [0.717, 1.165) is 18.4 Å². The first kappa shape index (κ1) is 36.2. The number of ether oxygens (including phenoxy) is 1. The zero-order valence-electron chi connectivity index (χ0n) is 31.2. The molecule has 5 atom stereocenters. The maximum atomic E-state index is 14.3. The van der Waals surface area contributed by atoms with Crippen LogP contribution in [0.25, 0.3) is 0 Å². The normalized spacial score (nSPS) is 33.2. The lowest BCUT2D eigenvalue weighted by molar-refractivity contribution is -0.608. The van der Waals surface area contributed by atoms with Gasteiger partial charge in [-0.3, -0.25) is 24.0 Å². The molecule has 4 N–H and O–H groups in total. The summed E-state index contributed by atoms with van der Waals surface area (Å²) >= 11 is 1.20. The van der Waals surface area contributed by atoms with E-state index in [4.69, 9.17) is 4.74 Å². The number of benzene rings is 1. The fraction of sp³-hybridized carbons (Fsp3) is 0.650. The Bertz CT molecular complexity index is 1770. The molecule has 284 valence electrons. The Morgan fingerprint density at radius 2 is 1.62 bits per heavy atom. The lowest BCUT2D eigenvalue weighted by atomic mass is 8.94. The molecule has 1 heterocycles. The van der Waals surface area contributed by atoms with Crippen molar-refractivity contribution in [1.29, 1.82) is 0 Å². The summed E-state index contributed by atoms with van der Waals surface area (Å²) in [5, 5.41) is 21.4. The van der Waals surface area contributed by atoms with E-state index in [-0.39, 0.29) is 53.6 Å². The van der Waals surface area contributed by atoms with E-state index in [9.17, 15) is 29.1 Å². The van der Waals surface area contributed by atoms with Crippen molar-refractivity contribution in [2.45, 2.75) is 89.6 Å². The zero-order valence-corrected chi connectivity index (χ0v) is 32.0. The van der Waals surface area contributed by atoms with Crippen LogP contribution in [-0.2, 0) is 30.3 Å². The Hall–Kier alpha value is -3.84. The van der Waals surface area contributed by atoms with Crippen LogP contribution in [0.15, 0.2) is 35.7 Å². The van der Waals surface area contributed by atoms with E-state index in [1.807, 2.05) is 44.2 Å². The van der Waals surface area contributed by atoms with Gasteiger partial charge in [0.25, 0.3) is 5.91 Å². The van der Waals surface area contributed by atoms with Gasteiger partial charge in [0.15, 0.2) is 6.10 Å². The number of carbonyl (C=O) groups is 5. The van der Waals surface area contributed by atoms with Crippen molar-refractivity contribution in [2.24, 2.45) is 58.7 Å². The SMILES string of the molecule is CNC12C3C4C1C1C2C3C41C(=O)N[C@H](C(=O)N(C)[C@H](C[C@@H](OC(C)=O)c1nc(C(=O)N[C@@H](Cc2ccccc2)C[C@H](C)C(=O)O)cs1)C(C)C)C1CC1. The van der Waals surface area contributed by atoms with Gasteiger partial charge in [-0.15, -0.1) is 11.3 Å². The molecule has 1 aromatic heterocycles. The van der Waals surface area contributed by atoms with E-state index in [0.29, 0.717) is 52.5 Å². The number of nitrogens with one attached hydrogen (secondary N) is 3. The summed E-state index contributed by atoms with van der Waals surface area (Å²) in [6, 6.07) is 8.19. The number of carbonyl (C=O) groups excluding carboxylic acids is 4. The summed E-state index contributed by atoms with van der Waals surface area (Å²) < 4.78 is 5.80. The lowest BCUT2D eigenvalue weighted by Crippen LogP contribution is -3.16. The molecule has 7 saturated carbocycles. The van der Waals surface area contributed by atoms with Crippen molar-refractivity contribution in [3.05, 3.63) is 52.0 Å². The molecular weight excluding hydrogens is 695 g/mol. The Morgan fingerprint density at radius 1 is 0.981 bits per heavy atom. The molecule has 7 aliphatic rings. The minimum atomic E-state index is -0.937. The van der Waals surface area contributed by atoms with E-state index >= 15 is 0 Å². The number of esters is 1. The molecule has 2 aromatic rings. The second-order valence-corrected chi connectivity index (χ2v) is 17.9. The highest BCUT2D eigenvalue weighted by molar-refractivity contribution is 7.09. The first-order valence-electron chi connectivity index (χ1n) is 19.2. The fourth-order valence-electron chi connectivity index (χ4n) is 11.9. The number of thiazole rings is 1. The van der Waals surface area contributed by atoms with Crippen LogP contribution in [-0.4, -0.2) is 82.4 Å². The van der Waals surface area contributed by atoms with Gasteiger partial charge in [0.2, 0.25) is 11.8 Å². The van der Waals surface area contributed by atoms with Crippen molar-refractivity contribution in [2.75, 3.05) is 14.1 Å². The molecule has 53 heavy (non-hydrogen) atoms. The van der Waals surface area contributed by atoms with Gasteiger partial charge in [-0.2, -0.15) is 0 Å². The van der Waals surface area contributed by atoms with Gasteiger partial charge in [0, 0.05) is 43.4 Å². The molecule has 7 fully saturated rings. The first-order chi connectivity index (χ1) is 25.3. The molecule has 9 rings (SSSR count). The quantitative estimate of drug-likeness (QED) is 0.167. The van der Waals surface area contributed by atoms with Crippen LogP contribution in [0.2, 0.25) is 0 Å². The highest BCUT2D eigenvalue weighted by Crippen LogP contribution is 3.06. The van der Waals surface area contributed by atoms with Gasteiger partial charge in [-0.05, 0) is 85.6 Å². The van der Waals surface area contributed by atoms with Crippen LogP contribution < -0.4 is 16.0 Å². The van der Waals surface area contributed by atoms with Gasteiger partial charge in [0.05, 0.1) is 11.3 Å². The van der Waals surface area contributed by atoms with E-state index < -0.39 is 42.0 Å². The Labute approximate surface area is 314 Å². The van der Waals surface area contributed by atoms with Crippen molar-refractivity contribution in [3.63, 3.8) is 0 Å². The van der Waals surface area contributed by atoms with Crippen molar-refractivity contribution < 1.29 is 33.8 Å². The Balaban J connectivity index is 0.939. The van der Waals surface area contributed by atoms with E-state index in [1.54, 1.807) is 24.3 Å². The maximum Gasteiger partial charge on any atom is 0.306 e. The third-order valence-electron chi connectivity index (χ3n) is 14.2. The standard InChI is InChI=1S/C40H51N5O7S/c1-18(2)25(45(6)36(48)33(22-12-13-22)44-38(51)39-27-30-28(39)32-29(39)31(27)40(30,32)41-5)16-26(52-20(4)46)35-43-24(17-53-35)34(47)42-23(14-19(3)37(49)50)15-21-10-8-7-9-11-21/h7-11,17-19,22-23,25-33,41H,12-16H2,1-6H3,(H,42,47)(H,44,51)(H,49,50)/t19-,23+,25+,26+,27?,28?,29?,30?,31?,32?,33-,39?,40?/m0/s1. The summed E-state index contributed by atoms with van der Waals surface area (Å²) in [5.74, 6) is 0.835. The number of hydrogen-bond acceptors (Lipinski definition) is 9. The minimum absolute atomic E-state index is 0.0164. The summed E-state index contributed by atoms with van der Waals surface area (Å²) in [7, 11) is 3.83. The van der Waals surface area contributed by atoms with Gasteiger partial charge in [-0.25, -0.2) is 4.98 Å². The fourth-order valence-corrected chi connectivity index (χ4v) is 12.7. The molecule has 7 aliphatic carbocycles. The third kappa shape index (κ3) is 5.15. The molecule has 0 unspecified atom stereocenters. The number of carboxylic acids is 1. The van der Waals surface area contributed by atoms with Crippen molar-refractivity contribution in [1.82, 2.24) is 25.8 Å². The number of amides is 3. The Morgan fingerprint density at radius 3 is 2.17 bits per heavy atom. The number of aliphatic carboxylic acids is 1. The molecule has 13 heteroatoms. The van der Waals surface area contributed by atoms with Gasteiger partial charge in [0.1, 0.15) is 16.7 Å². The minimum Gasteiger partial charge on any atom is -0.481 e. The molecule has 1 aromatic carbocycles. The Kier molecular flexibility index (Phi) is 8.79. The molecule has 0 saturated heterocycles. The average Bonchev–Trinajstić information content (AvgIpc) is 3.85. The summed E-state index contributed by atoms with van der Waals surface area (Å²) in [4.78, 5) is 72.1. The maximum absolute atomic E-state index is 14.3. The van der Waals surface area contributed by atoms with Crippen LogP contribution >= 0.6 is 11.3 Å². The van der Waals surface area contributed by atoms with Crippen molar-refractivity contribution in [3.8, 4) is 0 Å². The second kappa shape index (κ2) is 12.9. The number of likely N-dealkylation sites (N-methyl/N-ethyl adjacent to an activating group) is 1. The second-order valence-electron chi connectivity index (χ2n) is 17.1. The predicted octanol–water partition coefficient (Wildman–Crippen LogP) is 3.68. The zero-order chi connectivity index (χ0) is 37.7. The number of nitrogens with zero attached hydrogens (tertiary/aromatic N) is 2. The van der Waals surface area contributed by atoms with Gasteiger partial charge >= 0.3 is 11.9 Å². The molecule has 0 spiro atoms. The highest BCUT2D eigenvalue weighted by Gasteiger charge is 3.11. The summed E-state index contributed by atoms with van der Waals surface area (Å²) in [6.45, 7) is 6.97. The monoisotopic (exact) mass is 745 g/mol. The summed E-state index contributed by atoms with van der Waals surface area (Å²) in [6.07, 6.45) is 1.95. The van der Waals surface area contributed by atoms with Crippen LogP contribution in [0.4, 0.5) is 0 Å². The van der Waals surface area contributed by atoms with Crippen LogP contribution in [0.1, 0.15) is 80.5 Å². The highest BCUT2D eigenvalue weighted by atomic mass is 32.1. The molecule has 12 nitrogen and oxygen atoms in total. The molecular formula is C40H51N5O7S. The van der Waals surface area contributed by atoms with Crippen LogP contribution in [0, 0.1) is 58.7 Å². The number of hydrogen-bond donors (Lipinski definition) is 4. The smallest absolute Gasteiger partial charge is 0.306 e. The summed E-state index contributed by atoms with van der Waals surface area (Å²) in [5.41, 5.74) is 1.18. The molecule has 0 aliphatic heterocycles. The predicted molar refractivity (Wildman–Crippen MR) is 195 cm³/mol. The van der Waals surface area contributed by atoms with E-state index in [1.165, 1.54) is 18.3 Å². The number of aromatic nitrogens is 1. The average molecular weight is 746 g/mol. The molecule has 0 radical (unpaired) electrons. The van der Waals surface area contributed by atoms with Crippen LogP contribution in [0.3, 0.4) is 0 Å². The van der Waals surface area contributed by atoms with Crippen LogP contribution in [0.5, 0.6) is 0 Å². The topological polar surface area (TPSA) is 167 Å². The largest absolute Gasteiger partial charge is 0.481 e. The van der Waals surface area contributed by atoms with E-state index in [2.05, 4.69) is 28.0 Å². The van der Waals surface area contributed by atoms with Crippen molar-refractivity contribution >= 4 is 41.0 Å². The molecule has 0 bridgehead atoms. The van der Waals surface area contributed by atoms with Gasteiger partial charge < -0.3 is 30.7 Å². The third-order valence-corrected chi connectivity index (χ3v) is 15.2.